The van der Waals surface area contributed by atoms with Crippen LogP contribution in [0.1, 0.15) is 5.56 Å². The second-order valence-electron chi connectivity index (χ2n) is 3.49. The van der Waals surface area contributed by atoms with Crippen LogP contribution >= 0.6 is 11.6 Å². The highest BCUT2D eigenvalue weighted by Gasteiger charge is 2.38. The molecule has 0 fully saturated rings. The van der Waals surface area contributed by atoms with E-state index in [1.807, 2.05) is 5.32 Å². The van der Waals surface area contributed by atoms with Gasteiger partial charge in [0, 0.05) is 6.20 Å². The standard InChI is InChI=1S/C9H7ClF6N2O/c10-5-1-4(8(11,12)13)2-17-7(5)18-3-6(19)9(14,15)16/h1-2,6,19H,3H2,(H,17,18). The Bertz CT molecular complexity index is 447. The zero-order valence-electron chi connectivity index (χ0n) is 8.98. The van der Waals surface area contributed by atoms with Crippen molar-refractivity contribution in [2.45, 2.75) is 18.5 Å². The molecule has 3 nitrogen and oxygen atoms in total. The van der Waals surface area contributed by atoms with Gasteiger partial charge < -0.3 is 10.4 Å². The number of anilines is 1. The van der Waals surface area contributed by atoms with Crippen LogP contribution in [-0.2, 0) is 6.18 Å². The summed E-state index contributed by atoms with van der Waals surface area (Å²) in [5, 5.41) is 10.2. The second kappa shape index (κ2) is 5.41. The number of hydrogen-bond acceptors (Lipinski definition) is 3. The molecule has 0 saturated carbocycles. The van der Waals surface area contributed by atoms with Gasteiger partial charge in [0.25, 0.3) is 0 Å². The summed E-state index contributed by atoms with van der Waals surface area (Å²) >= 11 is 5.45. The third-order valence-electron chi connectivity index (χ3n) is 2.01. The topological polar surface area (TPSA) is 45.1 Å². The fraction of sp³-hybridized carbons (Fsp3) is 0.444. The average Bonchev–Trinajstić information content (AvgIpc) is 2.24. The van der Waals surface area contributed by atoms with Crippen molar-refractivity contribution in [1.29, 1.82) is 0 Å². The molecule has 0 amide bonds. The van der Waals surface area contributed by atoms with Crippen LogP contribution in [0.5, 0.6) is 0 Å². The number of nitrogens with zero attached hydrogens (tertiary/aromatic N) is 1. The molecule has 2 N–H and O–H groups in total. The van der Waals surface area contributed by atoms with E-state index in [2.05, 4.69) is 4.98 Å². The molecule has 19 heavy (non-hydrogen) atoms. The number of pyridine rings is 1. The molecule has 1 rings (SSSR count). The second-order valence-corrected chi connectivity index (χ2v) is 3.90. The number of nitrogens with one attached hydrogen (secondary N) is 1. The highest BCUT2D eigenvalue weighted by atomic mass is 35.5. The monoisotopic (exact) mass is 308 g/mol. The minimum atomic E-state index is -4.84. The molecular formula is C9H7ClF6N2O. The Morgan fingerprint density at radius 2 is 1.84 bits per heavy atom. The number of rotatable bonds is 3. The molecule has 0 aliphatic rings. The molecule has 0 saturated heterocycles. The maximum atomic E-state index is 12.3. The smallest absolute Gasteiger partial charge is 0.382 e. The van der Waals surface area contributed by atoms with Gasteiger partial charge in [-0.1, -0.05) is 11.6 Å². The Balaban J connectivity index is 2.77. The Labute approximate surface area is 108 Å². The van der Waals surface area contributed by atoms with Gasteiger partial charge in [-0.25, -0.2) is 4.98 Å². The molecule has 1 atom stereocenters. The minimum Gasteiger partial charge on any atom is -0.382 e. The lowest BCUT2D eigenvalue weighted by atomic mass is 10.2. The van der Waals surface area contributed by atoms with E-state index in [4.69, 9.17) is 16.7 Å². The van der Waals surface area contributed by atoms with E-state index < -0.39 is 35.6 Å². The van der Waals surface area contributed by atoms with E-state index >= 15 is 0 Å². The molecule has 108 valence electrons. The third kappa shape index (κ3) is 4.43. The first-order chi connectivity index (χ1) is 8.51. The highest BCUT2D eigenvalue weighted by molar-refractivity contribution is 6.32. The number of aliphatic hydroxyl groups excluding tert-OH is 1. The largest absolute Gasteiger partial charge is 0.417 e. The average molecular weight is 309 g/mol. The molecular weight excluding hydrogens is 302 g/mol. The van der Waals surface area contributed by atoms with Gasteiger partial charge in [-0.2, -0.15) is 26.3 Å². The minimum absolute atomic E-state index is 0.377. The van der Waals surface area contributed by atoms with E-state index in [0.717, 1.165) is 0 Å². The maximum absolute atomic E-state index is 12.3. The number of hydrogen-bond donors (Lipinski definition) is 2. The van der Waals surface area contributed by atoms with Crippen LogP contribution in [0, 0.1) is 0 Å². The van der Waals surface area contributed by atoms with E-state index in [-0.39, 0.29) is 5.82 Å². The SMILES string of the molecule is OC(CNc1ncc(C(F)(F)F)cc1Cl)C(F)(F)F. The molecule has 0 bridgehead atoms. The van der Waals surface area contributed by atoms with Crippen molar-refractivity contribution in [2.75, 3.05) is 11.9 Å². The summed E-state index contributed by atoms with van der Waals surface area (Å²) in [6, 6.07) is 0.525. The lowest BCUT2D eigenvalue weighted by Gasteiger charge is -2.16. The summed E-state index contributed by atoms with van der Waals surface area (Å²) in [6.45, 7) is -0.971. The van der Waals surface area contributed by atoms with Crippen LogP contribution in [0.25, 0.3) is 0 Å². The van der Waals surface area contributed by atoms with Gasteiger partial charge in [0.2, 0.25) is 0 Å². The number of alkyl halides is 6. The van der Waals surface area contributed by atoms with Crippen molar-refractivity contribution in [1.82, 2.24) is 4.98 Å². The first-order valence-electron chi connectivity index (χ1n) is 4.73. The van der Waals surface area contributed by atoms with E-state index in [9.17, 15) is 26.3 Å². The van der Waals surface area contributed by atoms with E-state index in [1.54, 1.807) is 0 Å². The zero-order valence-corrected chi connectivity index (χ0v) is 9.74. The number of aliphatic hydroxyl groups is 1. The molecule has 1 aromatic rings. The fourth-order valence-electron chi connectivity index (χ4n) is 1.03. The van der Waals surface area contributed by atoms with Crippen molar-refractivity contribution in [3.63, 3.8) is 0 Å². The summed E-state index contributed by atoms with van der Waals surface area (Å²) in [5.41, 5.74) is -1.13. The lowest BCUT2D eigenvalue weighted by Crippen LogP contribution is -2.35. The first kappa shape index (κ1) is 15.8. The normalized spacial score (nSPS) is 14.3. The first-order valence-corrected chi connectivity index (χ1v) is 5.11. The van der Waals surface area contributed by atoms with Crippen molar-refractivity contribution in [2.24, 2.45) is 0 Å². The summed E-state index contributed by atoms with van der Waals surface area (Å²) in [5.74, 6) is -0.377. The molecule has 0 aromatic carbocycles. The third-order valence-corrected chi connectivity index (χ3v) is 2.30. The zero-order chi connectivity index (χ0) is 14.8. The number of halogens is 7. The van der Waals surface area contributed by atoms with Crippen LogP contribution in [0.2, 0.25) is 5.02 Å². The molecule has 0 aliphatic carbocycles. The van der Waals surface area contributed by atoms with Crippen molar-refractivity contribution >= 4 is 17.4 Å². The molecule has 0 aliphatic heterocycles. The van der Waals surface area contributed by atoms with Crippen LogP contribution in [-0.4, -0.2) is 28.9 Å². The highest BCUT2D eigenvalue weighted by Crippen LogP contribution is 2.32. The summed E-state index contributed by atoms with van der Waals surface area (Å²) in [6.07, 6.45) is -11.7. The van der Waals surface area contributed by atoms with E-state index in [0.29, 0.717) is 12.3 Å². The molecule has 0 spiro atoms. The van der Waals surface area contributed by atoms with Gasteiger partial charge in [0.15, 0.2) is 6.10 Å². The molecule has 10 heteroatoms. The molecule has 1 aromatic heterocycles. The Kier molecular flexibility index (Phi) is 4.51. The quantitative estimate of drug-likeness (QED) is 0.844. The molecule has 1 unspecified atom stereocenters. The number of aromatic nitrogens is 1. The van der Waals surface area contributed by atoms with Crippen LogP contribution < -0.4 is 5.32 Å². The predicted molar refractivity (Wildman–Crippen MR) is 54.8 cm³/mol. The lowest BCUT2D eigenvalue weighted by molar-refractivity contribution is -0.198. The summed E-state index contributed by atoms with van der Waals surface area (Å²) < 4.78 is 72.7. The van der Waals surface area contributed by atoms with Gasteiger partial charge in [-0.05, 0) is 6.07 Å². The van der Waals surface area contributed by atoms with Crippen LogP contribution in [0.15, 0.2) is 12.3 Å². The summed E-state index contributed by atoms with van der Waals surface area (Å²) in [7, 11) is 0. The van der Waals surface area contributed by atoms with Crippen LogP contribution in [0.4, 0.5) is 32.2 Å². The van der Waals surface area contributed by atoms with Gasteiger partial charge in [-0.3, -0.25) is 0 Å². The molecule has 0 radical (unpaired) electrons. The van der Waals surface area contributed by atoms with E-state index in [1.165, 1.54) is 0 Å². The van der Waals surface area contributed by atoms with Crippen molar-refractivity contribution < 1.29 is 31.4 Å². The van der Waals surface area contributed by atoms with Crippen molar-refractivity contribution in [3.05, 3.63) is 22.8 Å². The van der Waals surface area contributed by atoms with Gasteiger partial charge in [0.05, 0.1) is 17.1 Å². The Morgan fingerprint density at radius 3 is 2.26 bits per heavy atom. The van der Waals surface area contributed by atoms with Gasteiger partial charge in [-0.15, -0.1) is 0 Å². The maximum Gasteiger partial charge on any atom is 0.417 e. The van der Waals surface area contributed by atoms with Crippen LogP contribution in [0.3, 0.4) is 0 Å². The predicted octanol–water partition coefficient (Wildman–Crippen LogP) is 3.09. The van der Waals surface area contributed by atoms with Gasteiger partial charge in [0.1, 0.15) is 5.82 Å². The molecule has 1 heterocycles. The fourth-order valence-corrected chi connectivity index (χ4v) is 1.27. The van der Waals surface area contributed by atoms with Crippen molar-refractivity contribution in [3.8, 4) is 0 Å². The summed E-state index contributed by atoms with van der Waals surface area (Å²) in [4.78, 5) is 3.26. The Hall–Kier alpha value is -1.22. The van der Waals surface area contributed by atoms with Gasteiger partial charge >= 0.3 is 12.4 Å². The Morgan fingerprint density at radius 1 is 1.26 bits per heavy atom.